The molecule has 2 unspecified atom stereocenters. The number of ether oxygens (including phenoxy) is 1. The van der Waals surface area contributed by atoms with Gasteiger partial charge in [-0.15, -0.1) is 0 Å². The fourth-order valence-electron chi connectivity index (χ4n) is 3.86. The molecule has 1 heterocycles. The van der Waals surface area contributed by atoms with Crippen molar-refractivity contribution in [1.29, 1.82) is 0 Å². The Hall–Kier alpha value is -2.28. The predicted molar refractivity (Wildman–Crippen MR) is 123 cm³/mol. The number of benzene rings is 2. The number of halogens is 2. The Kier molecular flexibility index (Phi) is 7.81. The molecule has 1 saturated heterocycles. The van der Waals surface area contributed by atoms with Crippen LogP contribution < -0.4 is 10.1 Å². The summed E-state index contributed by atoms with van der Waals surface area (Å²) in [4.78, 5) is 29.7. The van der Waals surface area contributed by atoms with Crippen LogP contribution in [0.5, 0.6) is 5.75 Å². The van der Waals surface area contributed by atoms with Gasteiger partial charge >= 0.3 is 0 Å². The van der Waals surface area contributed by atoms with Crippen molar-refractivity contribution in [2.75, 3.05) is 34.3 Å². The summed E-state index contributed by atoms with van der Waals surface area (Å²) in [5, 5.41) is 3.79. The molecule has 8 heteroatoms. The first kappa shape index (κ1) is 23.4. The molecule has 0 bridgehead atoms. The number of amides is 2. The lowest BCUT2D eigenvalue weighted by Crippen LogP contribution is -2.47. The van der Waals surface area contributed by atoms with Gasteiger partial charge in [-0.05, 0) is 62.8 Å². The summed E-state index contributed by atoms with van der Waals surface area (Å²) >= 11 is 12.2. The molecule has 0 saturated carbocycles. The third-order valence-electron chi connectivity index (χ3n) is 5.55. The zero-order valence-corrected chi connectivity index (χ0v) is 19.4. The molecule has 1 N–H and O–H groups in total. The maximum Gasteiger partial charge on any atom is 0.256 e. The second-order valence-corrected chi connectivity index (χ2v) is 8.63. The number of hydrogen-bond donors (Lipinski definition) is 1. The van der Waals surface area contributed by atoms with Gasteiger partial charge < -0.3 is 19.9 Å². The number of hydrogen-bond acceptors (Lipinski definition) is 4. The summed E-state index contributed by atoms with van der Waals surface area (Å²) in [5.74, 6) is 0.322. The van der Waals surface area contributed by atoms with Crippen LogP contribution in [0.25, 0.3) is 0 Å². The van der Waals surface area contributed by atoms with E-state index in [9.17, 15) is 9.59 Å². The van der Waals surface area contributed by atoms with Gasteiger partial charge in [0.05, 0.1) is 23.7 Å². The first-order valence-corrected chi connectivity index (χ1v) is 10.9. The van der Waals surface area contributed by atoms with E-state index >= 15 is 0 Å². The SMILES string of the molecule is COc1cccc(C(CNC(=O)C2CCCN2C(=O)c2cc(Cl)ccc2Cl)N(C)C)c1. The molecule has 166 valence electrons. The molecule has 1 fully saturated rings. The molecule has 1 aliphatic rings. The standard InChI is InChI=1S/C23H27Cl2N3O3/c1-27(2)21(15-6-4-7-17(12-15)31-3)14-26-22(29)20-8-5-11-28(20)23(30)18-13-16(24)9-10-19(18)25/h4,6-7,9-10,12-13,20-21H,5,8,11,14H2,1-3H3,(H,26,29). The maximum atomic E-state index is 13.1. The van der Waals surface area contributed by atoms with E-state index in [0.29, 0.717) is 35.1 Å². The molecule has 1 aliphatic heterocycles. The van der Waals surface area contributed by atoms with E-state index in [2.05, 4.69) is 5.32 Å². The number of methoxy groups -OCH3 is 1. The number of nitrogens with one attached hydrogen (secondary N) is 1. The molecule has 0 aromatic heterocycles. The largest absolute Gasteiger partial charge is 0.497 e. The van der Waals surface area contributed by atoms with Gasteiger partial charge in [0.2, 0.25) is 5.91 Å². The Bertz CT molecular complexity index is 951. The monoisotopic (exact) mass is 463 g/mol. The number of carbonyl (C=O) groups excluding carboxylic acids is 2. The smallest absolute Gasteiger partial charge is 0.256 e. The van der Waals surface area contributed by atoms with Crippen LogP contribution in [-0.4, -0.2) is 62.0 Å². The summed E-state index contributed by atoms with van der Waals surface area (Å²) in [6, 6.07) is 12.0. The van der Waals surface area contributed by atoms with Crippen molar-refractivity contribution in [3.8, 4) is 5.75 Å². The Balaban J connectivity index is 1.71. The molecule has 2 aromatic carbocycles. The van der Waals surface area contributed by atoms with E-state index in [1.165, 1.54) is 0 Å². The highest BCUT2D eigenvalue weighted by Gasteiger charge is 2.35. The van der Waals surface area contributed by atoms with Crippen molar-refractivity contribution in [2.45, 2.75) is 24.9 Å². The molecule has 6 nitrogen and oxygen atoms in total. The molecule has 0 radical (unpaired) electrons. The Morgan fingerprint density at radius 2 is 2.00 bits per heavy atom. The van der Waals surface area contributed by atoms with Crippen LogP contribution in [0.15, 0.2) is 42.5 Å². The zero-order valence-electron chi connectivity index (χ0n) is 17.9. The second-order valence-electron chi connectivity index (χ2n) is 7.78. The van der Waals surface area contributed by atoms with Crippen LogP contribution in [0.1, 0.15) is 34.8 Å². The van der Waals surface area contributed by atoms with E-state index in [4.69, 9.17) is 27.9 Å². The first-order chi connectivity index (χ1) is 14.8. The molecule has 3 rings (SSSR count). The minimum atomic E-state index is -0.532. The van der Waals surface area contributed by atoms with Crippen molar-refractivity contribution < 1.29 is 14.3 Å². The van der Waals surface area contributed by atoms with Crippen LogP contribution in [-0.2, 0) is 4.79 Å². The van der Waals surface area contributed by atoms with Gasteiger partial charge in [0.25, 0.3) is 5.91 Å². The van der Waals surface area contributed by atoms with E-state index in [-0.39, 0.29) is 17.9 Å². The van der Waals surface area contributed by atoms with Crippen LogP contribution in [0, 0.1) is 0 Å². The maximum absolute atomic E-state index is 13.1. The molecule has 2 amide bonds. The second kappa shape index (κ2) is 10.4. The third kappa shape index (κ3) is 5.50. The summed E-state index contributed by atoms with van der Waals surface area (Å²) in [6.07, 6.45) is 1.37. The van der Waals surface area contributed by atoms with Crippen molar-refractivity contribution in [2.24, 2.45) is 0 Å². The molecule has 2 atom stereocenters. The van der Waals surface area contributed by atoms with Crippen molar-refractivity contribution >= 4 is 35.0 Å². The van der Waals surface area contributed by atoms with Gasteiger partial charge in [-0.2, -0.15) is 0 Å². The van der Waals surface area contributed by atoms with Crippen molar-refractivity contribution in [3.63, 3.8) is 0 Å². The van der Waals surface area contributed by atoms with Crippen LogP contribution in [0.3, 0.4) is 0 Å². The number of likely N-dealkylation sites (tertiary alicyclic amines) is 1. The number of nitrogens with zero attached hydrogens (tertiary/aromatic N) is 2. The summed E-state index contributed by atoms with van der Waals surface area (Å²) in [6.45, 7) is 0.919. The Morgan fingerprint density at radius 3 is 2.71 bits per heavy atom. The number of carbonyl (C=O) groups is 2. The van der Waals surface area contributed by atoms with Gasteiger partial charge in [0, 0.05) is 18.1 Å². The lowest BCUT2D eigenvalue weighted by molar-refractivity contribution is -0.125. The van der Waals surface area contributed by atoms with E-state index in [1.54, 1.807) is 30.2 Å². The molecular weight excluding hydrogens is 437 g/mol. The average molecular weight is 464 g/mol. The topological polar surface area (TPSA) is 61.9 Å². The highest BCUT2D eigenvalue weighted by atomic mass is 35.5. The lowest BCUT2D eigenvalue weighted by Gasteiger charge is -2.28. The van der Waals surface area contributed by atoms with E-state index < -0.39 is 6.04 Å². The first-order valence-electron chi connectivity index (χ1n) is 10.2. The third-order valence-corrected chi connectivity index (χ3v) is 6.11. The minimum Gasteiger partial charge on any atom is -0.497 e. The number of rotatable bonds is 7. The Labute approximate surface area is 193 Å². The van der Waals surface area contributed by atoms with Crippen molar-refractivity contribution in [1.82, 2.24) is 15.1 Å². The summed E-state index contributed by atoms with van der Waals surface area (Å²) in [7, 11) is 5.55. The fraction of sp³-hybridized carbons (Fsp3) is 0.391. The fourth-order valence-corrected chi connectivity index (χ4v) is 4.23. The lowest BCUT2D eigenvalue weighted by atomic mass is 10.1. The molecule has 0 spiro atoms. The predicted octanol–water partition coefficient (Wildman–Crippen LogP) is 4.03. The van der Waals surface area contributed by atoms with Gasteiger partial charge in [-0.1, -0.05) is 35.3 Å². The normalized spacial score (nSPS) is 17.0. The molecule has 0 aliphatic carbocycles. The van der Waals surface area contributed by atoms with Gasteiger partial charge in [-0.25, -0.2) is 0 Å². The molecular formula is C23H27Cl2N3O3. The highest BCUT2D eigenvalue weighted by Crippen LogP contribution is 2.27. The summed E-state index contributed by atoms with van der Waals surface area (Å²) in [5.41, 5.74) is 1.35. The van der Waals surface area contributed by atoms with Gasteiger partial charge in [0.1, 0.15) is 11.8 Å². The van der Waals surface area contributed by atoms with Crippen molar-refractivity contribution in [3.05, 3.63) is 63.6 Å². The van der Waals surface area contributed by atoms with Crippen LogP contribution in [0.2, 0.25) is 10.0 Å². The average Bonchev–Trinajstić information content (AvgIpc) is 3.25. The highest BCUT2D eigenvalue weighted by molar-refractivity contribution is 6.35. The summed E-state index contributed by atoms with van der Waals surface area (Å²) < 4.78 is 5.32. The molecule has 31 heavy (non-hydrogen) atoms. The quantitative estimate of drug-likeness (QED) is 0.673. The number of likely N-dealkylation sites (N-methyl/N-ethyl adjacent to an activating group) is 1. The zero-order chi connectivity index (χ0) is 22.5. The Morgan fingerprint density at radius 1 is 1.23 bits per heavy atom. The van der Waals surface area contributed by atoms with E-state index in [1.807, 2.05) is 43.3 Å². The molecule has 2 aromatic rings. The van der Waals surface area contributed by atoms with Gasteiger partial charge in [0.15, 0.2) is 0 Å². The van der Waals surface area contributed by atoms with Gasteiger partial charge in [-0.3, -0.25) is 9.59 Å². The minimum absolute atomic E-state index is 0.0352. The van der Waals surface area contributed by atoms with Crippen LogP contribution >= 0.6 is 23.2 Å². The van der Waals surface area contributed by atoms with E-state index in [0.717, 1.165) is 17.7 Å². The van der Waals surface area contributed by atoms with Crippen LogP contribution in [0.4, 0.5) is 0 Å².